The van der Waals surface area contributed by atoms with Crippen LogP contribution in [0.1, 0.15) is 74.9 Å². The molecule has 0 bridgehead atoms. The van der Waals surface area contributed by atoms with Crippen LogP contribution >= 0.6 is 0 Å². The van der Waals surface area contributed by atoms with Crippen molar-refractivity contribution in [3.63, 3.8) is 0 Å². The molecule has 3 aliphatic rings. The Hall–Kier alpha value is -4.16. The fourth-order valence-corrected chi connectivity index (χ4v) is 8.93. The first kappa shape index (κ1) is 23.5. The SMILES string of the molecule is CC1(C)c2ccccc2-c2cc3c(cc21)c1c(c2cc4c(cc23)-c2ccccc2C4(C)C)C(C)(C)c2ccccc2-1. The lowest BCUT2D eigenvalue weighted by Gasteiger charge is -2.27. The van der Waals surface area contributed by atoms with Gasteiger partial charge < -0.3 is 0 Å². The van der Waals surface area contributed by atoms with Crippen molar-refractivity contribution < 1.29 is 0 Å². The second kappa shape index (κ2) is 7.18. The second-order valence-electron chi connectivity index (χ2n) is 14.1. The Balaban J connectivity index is 1.51. The van der Waals surface area contributed by atoms with Crippen molar-refractivity contribution in [2.75, 3.05) is 0 Å². The van der Waals surface area contributed by atoms with E-state index in [0.717, 1.165) is 0 Å². The highest BCUT2D eigenvalue weighted by molar-refractivity contribution is 6.21. The van der Waals surface area contributed by atoms with E-state index in [1.807, 2.05) is 0 Å². The minimum atomic E-state index is -0.0836. The van der Waals surface area contributed by atoms with Gasteiger partial charge >= 0.3 is 0 Å². The van der Waals surface area contributed by atoms with Crippen LogP contribution in [0.4, 0.5) is 0 Å². The number of fused-ring (bicyclic) bond motifs is 14. The van der Waals surface area contributed by atoms with Crippen molar-refractivity contribution in [2.45, 2.75) is 57.8 Å². The van der Waals surface area contributed by atoms with E-state index in [4.69, 9.17) is 0 Å². The quantitative estimate of drug-likeness (QED) is 0.173. The summed E-state index contributed by atoms with van der Waals surface area (Å²) < 4.78 is 0. The average molecular weight is 527 g/mol. The van der Waals surface area contributed by atoms with Gasteiger partial charge in [0, 0.05) is 16.2 Å². The average Bonchev–Trinajstić information content (AvgIpc) is 3.45. The van der Waals surface area contributed by atoms with Gasteiger partial charge in [0.2, 0.25) is 0 Å². The molecule has 0 atom stereocenters. The Kier molecular flexibility index (Phi) is 4.12. The van der Waals surface area contributed by atoms with Gasteiger partial charge in [-0.15, -0.1) is 0 Å². The molecule has 0 heterocycles. The standard InChI is InChI=1S/C41H34/c1-39(2)32-16-10-7-13-23(32)28-19-26-27-20-29-24-14-8-11-17-33(24)40(3,4)36(29)22-31(27)38-37(30(26)21-35(28)39)25-15-9-12-18-34(25)41(38,5)6/h7-22H,1-6H3. The molecule has 0 aromatic heterocycles. The molecule has 198 valence electrons. The summed E-state index contributed by atoms with van der Waals surface area (Å²) in [5, 5.41) is 5.58. The lowest BCUT2D eigenvalue weighted by atomic mass is 9.76. The minimum Gasteiger partial charge on any atom is -0.0619 e. The molecule has 0 fully saturated rings. The molecule has 9 rings (SSSR count). The predicted molar refractivity (Wildman–Crippen MR) is 174 cm³/mol. The zero-order chi connectivity index (χ0) is 28.1. The maximum Gasteiger partial charge on any atom is 0.0165 e. The topological polar surface area (TPSA) is 0 Å². The van der Waals surface area contributed by atoms with Crippen molar-refractivity contribution in [2.24, 2.45) is 0 Å². The molecule has 0 heteroatoms. The fraction of sp³-hybridized carbons (Fsp3) is 0.220. The molecule has 3 aliphatic carbocycles. The third-order valence-electron chi connectivity index (χ3n) is 11.0. The zero-order valence-corrected chi connectivity index (χ0v) is 24.7. The van der Waals surface area contributed by atoms with Crippen molar-refractivity contribution in [1.82, 2.24) is 0 Å². The van der Waals surface area contributed by atoms with Gasteiger partial charge in [0.15, 0.2) is 0 Å². The van der Waals surface area contributed by atoms with Gasteiger partial charge in [-0.3, -0.25) is 0 Å². The highest BCUT2D eigenvalue weighted by Crippen LogP contribution is 2.59. The van der Waals surface area contributed by atoms with E-state index < -0.39 is 0 Å². The number of hydrogen-bond donors (Lipinski definition) is 0. The van der Waals surface area contributed by atoms with E-state index >= 15 is 0 Å². The van der Waals surface area contributed by atoms with E-state index in [2.05, 4.69) is 139 Å². The molecule has 0 saturated carbocycles. The van der Waals surface area contributed by atoms with E-state index in [9.17, 15) is 0 Å². The Bertz CT molecular complexity index is 2170. The van der Waals surface area contributed by atoms with Crippen molar-refractivity contribution in [3.05, 3.63) is 130 Å². The summed E-state index contributed by atoms with van der Waals surface area (Å²) in [6.45, 7) is 14.5. The smallest absolute Gasteiger partial charge is 0.0165 e. The molecule has 0 saturated heterocycles. The van der Waals surface area contributed by atoms with Gasteiger partial charge in [-0.25, -0.2) is 0 Å². The summed E-state index contributed by atoms with van der Waals surface area (Å²) in [4.78, 5) is 0. The Morgan fingerprint density at radius 2 is 0.756 bits per heavy atom. The molecular weight excluding hydrogens is 492 g/mol. The first-order valence-electron chi connectivity index (χ1n) is 15.0. The van der Waals surface area contributed by atoms with Gasteiger partial charge in [-0.1, -0.05) is 114 Å². The molecule has 0 radical (unpaired) electrons. The van der Waals surface area contributed by atoms with Gasteiger partial charge in [-0.2, -0.15) is 0 Å². The third kappa shape index (κ3) is 2.63. The summed E-state index contributed by atoms with van der Waals surface area (Å²) in [5.41, 5.74) is 17.0. The molecule has 0 nitrogen and oxygen atoms in total. The molecule has 0 aliphatic heterocycles. The van der Waals surface area contributed by atoms with Gasteiger partial charge in [0.05, 0.1) is 0 Å². The molecule has 0 unspecified atom stereocenters. The highest BCUT2D eigenvalue weighted by atomic mass is 14.4. The van der Waals surface area contributed by atoms with E-state index in [1.54, 1.807) is 0 Å². The van der Waals surface area contributed by atoms with Crippen LogP contribution in [0.15, 0.2) is 97.1 Å². The lowest BCUT2D eigenvalue weighted by Crippen LogP contribution is -2.17. The highest BCUT2D eigenvalue weighted by Gasteiger charge is 2.42. The van der Waals surface area contributed by atoms with Crippen LogP contribution in [0.3, 0.4) is 0 Å². The number of rotatable bonds is 0. The minimum absolute atomic E-state index is 0.0293. The van der Waals surface area contributed by atoms with Gasteiger partial charge in [0.1, 0.15) is 0 Å². The molecule has 6 aromatic carbocycles. The summed E-state index contributed by atoms with van der Waals surface area (Å²) in [6, 6.07) is 37.4. The van der Waals surface area contributed by atoms with Crippen LogP contribution in [-0.4, -0.2) is 0 Å². The summed E-state index contributed by atoms with van der Waals surface area (Å²) >= 11 is 0. The maximum absolute atomic E-state index is 2.57. The zero-order valence-electron chi connectivity index (χ0n) is 24.7. The molecule has 41 heavy (non-hydrogen) atoms. The van der Waals surface area contributed by atoms with Crippen LogP contribution in [0.2, 0.25) is 0 Å². The predicted octanol–water partition coefficient (Wildman–Crippen LogP) is 10.9. The summed E-state index contributed by atoms with van der Waals surface area (Å²) in [5.74, 6) is 0. The summed E-state index contributed by atoms with van der Waals surface area (Å²) in [6.07, 6.45) is 0. The van der Waals surface area contributed by atoms with Crippen LogP contribution in [0, 0.1) is 0 Å². The Morgan fingerprint density at radius 1 is 0.341 bits per heavy atom. The number of hydrogen-bond acceptors (Lipinski definition) is 0. The molecule has 0 amide bonds. The normalized spacial score (nSPS) is 17.6. The van der Waals surface area contributed by atoms with E-state index in [0.29, 0.717) is 0 Å². The van der Waals surface area contributed by atoms with Crippen LogP contribution < -0.4 is 0 Å². The first-order valence-corrected chi connectivity index (χ1v) is 15.0. The van der Waals surface area contributed by atoms with Crippen LogP contribution in [0.25, 0.3) is 54.9 Å². The van der Waals surface area contributed by atoms with Gasteiger partial charge in [-0.05, 0) is 113 Å². The van der Waals surface area contributed by atoms with Gasteiger partial charge in [0.25, 0.3) is 0 Å². The van der Waals surface area contributed by atoms with E-state index in [-0.39, 0.29) is 16.2 Å². The maximum atomic E-state index is 2.57. The first-order chi connectivity index (χ1) is 19.6. The van der Waals surface area contributed by atoms with Crippen LogP contribution in [0.5, 0.6) is 0 Å². The fourth-order valence-electron chi connectivity index (χ4n) is 8.93. The Labute approximate surface area is 242 Å². The summed E-state index contributed by atoms with van der Waals surface area (Å²) in [7, 11) is 0. The van der Waals surface area contributed by atoms with E-state index in [1.165, 1.54) is 88.3 Å². The lowest BCUT2D eigenvalue weighted by molar-refractivity contribution is 0.657. The van der Waals surface area contributed by atoms with Crippen molar-refractivity contribution in [1.29, 1.82) is 0 Å². The Morgan fingerprint density at radius 3 is 1.29 bits per heavy atom. The largest absolute Gasteiger partial charge is 0.0619 e. The monoisotopic (exact) mass is 526 g/mol. The van der Waals surface area contributed by atoms with Crippen molar-refractivity contribution >= 4 is 21.5 Å². The molecule has 0 N–H and O–H groups in total. The molecule has 6 aromatic rings. The molecule has 0 spiro atoms. The number of benzene rings is 6. The van der Waals surface area contributed by atoms with Crippen molar-refractivity contribution in [3.8, 4) is 33.4 Å². The molecular formula is C41H34. The second-order valence-corrected chi connectivity index (χ2v) is 14.1. The third-order valence-corrected chi connectivity index (χ3v) is 11.0. The van der Waals surface area contributed by atoms with Crippen LogP contribution in [-0.2, 0) is 16.2 Å².